The first-order chi connectivity index (χ1) is 9.54. The molecule has 0 radical (unpaired) electrons. The number of amides is 1. The van der Waals surface area contributed by atoms with Crippen LogP contribution in [0.4, 0.5) is 5.69 Å². The Balaban J connectivity index is 2.01. The third-order valence-electron chi connectivity index (χ3n) is 2.48. The summed E-state index contributed by atoms with van der Waals surface area (Å²) in [7, 11) is 0. The molecule has 0 aromatic heterocycles. The normalized spacial score (nSPS) is 10.8. The Labute approximate surface area is 132 Å². The van der Waals surface area contributed by atoms with Crippen LogP contribution in [-0.2, 0) is 4.79 Å². The van der Waals surface area contributed by atoms with Crippen molar-refractivity contribution >= 4 is 52.5 Å². The van der Waals surface area contributed by atoms with Crippen LogP contribution < -0.4 is 5.32 Å². The first-order valence-electron chi connectivity index (χ1n) is 5.74. The molecule has 0 atom stereocenters. The molecular formula is C15H10Cl3NO. The van der Waals surface area contributed by atoms with E-state index >= 15 is 0 Å². The minimum absolute atomic E-state index is 0.252. The lowest BCUT2D eigenvalue weighted by Crippen LogP contribution is -2.07. The van der Waals surface area contributed by atoms with Crippen LogP contribution in [-0.4, -0.2) is 5.91 Å². The highest BCUT2D eigenvalue weighted by molar-refractivity contribution is 6.42. The van der Waals surface area contributed by atoms with Crippen molar-refractivity contribution in [1.82, 2.24) is 0 Å². The Morgan fingerprint density at radius 3 is 2.30 bits per heavy atom. The summed E-state index contributed by atoms with van der Waals surface area (Å²) < 4.78 is 0. The van der Waals surface area contributed by atoms with E-state index in [1.54, 1.807) is 36.4 Å². The average molecular weight is 327 g/mol. The second kappa shape index (κ2) is 6.80. The molecule has 1 amide bonds. The molecule has 2 rings (SSSR count). The van der Waals surface area contributed by atoms with Crippen molar-refractivity contribution in [2.45, 2.75) is 0 Å². The molecule has 2 nitrogen and oxygen atoms in total. The fourth-order valence-electron chi connectivity index (χ4n) is 1.50. The number of halogens is 3. The van der Waals surface area contributed by atoms with Crippen molar-refractivity contribution in [3.63, 3.8) is 0 Å². The van der Waals surface area contributed by atoms with Gasteiger partial charge in [0.25, 0.3) is 0 Å². The molecule has 5 heteroatoms. The highest BCUT2D eigenvalue weighted by Crippen LogP contribution is 2.25. The van der Waals surface area contributed by atoms with Gasteiger partial charge < -0.3 is 5.32 Å². The van der Waals surface area contributed by atoms with Gasteiger partial charge in [-0.15, -0.1) is 0 Å². The predicted octanol–water partition coefficient (Wildman–Crippen LogP) is 5.30. The van der Waals surface area contributed by atoms with Crippen LogP contribution in [0.15, 0.2) is 48.5 Å². The molecule has 2 aromatic carbocycles. The number of nitrogens with one attached hydrogen (secondary N) is 1. The van der Waals surface area contributed by atoms with Gasteiger partial charge in [0.15, 0.2) is 0 Å². The number of hydrogen-bond donors (Lipinski definition) is 1. The third-order valence-corrected chi connectivity index (χ3v) is 3.48. The summed E-state index contributed by atoms with van der Waals surface area (Å²) >= 11 is 17.5. The smallest absolute Gasteiger partial charge is 0.248 e. The summed E-state index contributed by atoms with van der Waals surface area (Å²) in [5.41, 5.74) is 1.48. The topological polar surface area (TPSA) is 29.1 Å². The second-order valence-electron chi connectivity index (χ2n) is 4.00. The molecule has 0 spiro atoms. The average Bonchev–Trinajstić information content (AvgIpc) is 2.42. The summed E-state index contributed by atoms with van der Waals surface area (Å²) in [5.74, 6) is -0.252. The molecule has 0 fully saturated rings. The van der Waals surface area contributed by atoms with E-state index < -0.39 is 0 Å². The molecular weight excluding hydrogens is 317 g/mol. The van der Waals surface area contributed by atoms with Gasteiger partial charge in [-0.05, 0) is 42.0 Å². The SMILES string of the molecule is O=C(C=Cc1ccc(Cl)cc1)Nc1ccc(Cl)c(Cl)c1. The van der Waals surface area contributed by atoms with E-state index in [0.717, 1.165) is 5.56 Å². The van der Waals surface area contributed by atoms with Crippen LogP contribution in [0.2, 0.25) is 15.1 Å². The molecule has 102 valence electrons. The highest BCUT2D eigenvalue weighted by Gasteiger charge is 2.01. The molecule has 0 bridgehead atoms. The van der Waals surface area contributed by atoms with Gasteiger partial charge >= 0.3 is 0 Å². The van der Waals surface area contributed by atoms with Crippen LogP contribution >= 0.6 is 34.8 Å². The minimum atomic E-state index is -0.252. The van der Waals surface area contributed by atoms with Crippen molar-refractivity contribution in [1.29, 1.82) is 0 Å². The van der Waals surface area contributed by atoms with Crippen LogP contribution in [0.3, 0.4) is 0 Å². The van der Waals surface area contributed by atoms with Gasteiger partial charge in [0.1, 0.15) is 0 Å². The molecule has 0 unspecified atom stereocenters. The Morgan fingerprint density at radius 1 is 0.950 bits per heavy atom. The molecule has 0 saturated heterocycles. The Morgan fingerprint density at radius 2 is 1.65 bits per heavy atom. The fourth-order valence-corrected chi connectivity index (χ4v) is 1.93. The van der Waals surface area contributed by atoms with Crippen LogP contribution in [0.5, 0.6) is 0 Å². The summed E-state index contributed by atoms with van der Waals surface area (Å²) in [6.45, 7) is 0. The number of hydrogen-bond acceptors (Lipinski definition) is 1. The van der Waals surface area contributed by atoms with E-state index in [1.165, 1.54) is 6.08 Å². The van der Waals surface area contributed by atoms with Gasteiger partial charge in [-0.1, -0.05) is 46.9 Å². The molecule has 0 heterocycles. The second-order valence-corrected chi connectivity index (χ2v) is 5.25. The molecule has 2 aromatic rings. The zero-order chi connectivity index (χ0) is 14.5. The number of anilines is 1. The number of rotatable bonds is 3. The van der Waals surface area contributed by atoms with Crippen molar-refractivity contribution in [3.05, 3.63) is 69.2 Å². The standard InChI is InChI=1S/C15H10Cl3NO/c16-11-4-1-10(2-5-11)3-8-15(20)19-12-6-7-13(17)14(18)9-12/h1-9H,(H,19,20). The van der Waals surface area contributed by atoms with E-state index in [9.17, 15) is 4.79 Å². The van der Waals surface area contributed by atoms with Crippen molar-refractivity contribution in [2.24, 2.45) is 0 Å². The van der Waals surface area contributed by atoms with E-state index in [4.69, 9.17) is 34.8 Å². The van der Waals surface area contributed by atoms with E-state index in [1.807, 2.05) is 12.1 Å². The molecule has 0 aliphatic rings. The molecule has 20 heavy (non-hydrogen) atoms. The lowest BCUT2D eigenvalue weighted by atomic mass is 10.2. The van der Waals surface area contributed by atoms with Crippen LogP contribution in [0.25, 0.3) is 6.08 Å². The summed E-state index contributed by atoms with van der Waals surface area (Å²) in [6, 6.07) is 12.1. The largest absolute Gasteiger partial charge is 0.322 e. The van der Waals surface area contributed by atoms with Crippen LogP contribution in [0.1, 0.15) is 5.56 Å². The van der Waals surface area contributed by atoms with Gasteiger partial charge in [-0.2, -0.15) is 0 Å². The lowest BCUT2D eigenvalue weighted by molar-refractivity contribution is -0.111. The van der Waals surface area contributed by atoms with E-state index in [-0.39, 0.29) is 5.91 Å². The summed E-state index contributed by atoms with van der Waals surface area (Å²) in [6.07, 6.45) is 3.13. The zero-order valence-corrected chi connectivity index (χ0v) is 12.5. The first kappa shape index (κ1) is 14.9. The van der Waals surface area contributed by atoms with Gasteiger partial charge in [-0.3, -0.25) is 4.79 Å². The highest BCUT2D eigenvalue weighted by atomic mass is 35.5. The first-order valence-corrected chi connectivity index (χ1v) is 6.88. The van der Waals surface area contributed by atoms with Gasteiger partial charge in [0.2, 0.25) is 5.91 Å². The number of carbonyl (C=O) groups is 1. The lowest BCUT2D eigenvalue weighted by Gasteiger charge is -2.03. The number of carbonyl (C=O) groups excluding carboxylic acids is 1. The quantitative estimate of drug-likeness (QED) is 0.762. The Hall–Kier alpha value is -1.48. The molecule has 0 aliphatic carbocycles. The maximum Gasteiger partial charge on any atom is 0.248 e. The van der Waals surface area contributed by atoms with Crippen molar-refractivity contribution in [3.8, 4) is 0 Å². The minimum Gasteiger partial charge on any atom is -0.322 e. The summed E-state index contributed by atoms with van der Waals surface area (Å²) in [5, 5.41) is 4.19. The van der Waals surface area contributed by atoms with E-state index in [2.05, 4.69) is 5.32 Å². The molecule has 0 saturated carbocycles. The van der Waals surface area contributed by atoms with E-state index in [0.29, 0.717) is 20.8 Å². The predicted molar refractivity (Wildman–Crippen MR) is 85.6 cm³/mol. The van der Waals surface area contributed by atoms with Crippen LogP contribution in [0, 0.1) is 0 Å². The van der Waals surface area contributed by atoms with Gasteiger partial charge in [0.05, 0.1) is 10.0 Å². The molecule has 0 aliphatic heterocycles. The van der Waals surface area contributed by atoms with Crippen molar-refractivity contribution in [2.75, 3.05) is 5.32 Å². The zero-order valence-electron chi connectivity index (χ0n) is 10.2. The molecule has 1 N–H and O–H groups in total. The Kier molecular flexibility index (Phi) is 5.07. The summed E-state index contributed by atoms with van der Waals surface area (Å²) in [4.78, 5) is 11.7. The number of benzene rings is 2. The van der Waals surface area contributed by atoms with Gasteiger partial charge in [-0.25, -0.2) is 0 Å². The van der Waals surface area contributed by atoms with Crippen molar-refractivity contribution < 1.29 is 4.79 Å². The Bertz CT molecular complexity index is 651. The maximum atomic E-state index is 11.7. The third kappa shape index (κ3) is 4.27. The maximum absolute atomic E-state index is 11.7. The fraction of sp³-hybridized carbons (Fsp3) is 0. The monoisotopic (exact) mass is 325 g/mol. The van der Waals surface area contributed by atoms with Gasteiger partial charge in [0, 0.05) is 16.8 Å².